The van der Waals surface area contributed by atoms with Crippen LogP contribution in [0.3, 0.4) is 0 Å². The average Bonchev–Trinajstić information content (AvgIpc) is 2.16. The van der Waals surface area contributed by atoms with Crippen molar-refractivity contribution in [1.82, 2.24) is 0 Å². The Bertz CT molecular complexity index is 179. The number of carbonyl (C=O) groups is 1. The first-order chi connectivity index (χ1) is 6.67. The molecule has 0 aromatic heterocycles. The van der Waals surface area contributed by atoms with Gasteiger partial charge < -0.3 is 10.2 Å². The molecule has 0 bridgehead atoms. The normalized spacial score (nSPS) is 14.8. The molecule has 0 saturated heterocycles. The smallest absolute Gasteiger partial charge is 0.212 e. The zero-order chi connectivity index (χ0) is 11.0. The van der Waals surface area contributed by atoms with Gasteiger partial charge in [-0.25, -0.2) is 0 Å². The Morgan fingerprint density at radius 2 is 2.14 bits per heavy atom. The summed E-state index contributed by atoms with van der Waals surface area (Å²) in [5, 5.41) is 18.0. The molecule has 81 valence electrons. The minimum atomic E-state index is -1.04. The van der Waals surface area contributed by atoms with E-state index < -0.39 is 12.0 Å². The quantitative estimate of drug-likeness (QED) is 0.551. The second kappa shape index (κ2) is 7.64. The van der Waals surface area contributed by atoms with Crippen molar-refractivity contribution in [2.75, 3.05) is 6.61 Å². The monoisotopic (exact) mass is 201 g/mol. The molecule has 2 atom stereocenters. The maximum Gasteiger partial charge on any atom is 0.212 e. The van der Waals surface area contributed by atoms with E-state index >= 15 is 0 Å². The van der Waals surface area contributed by atoms with Gasteiger partial charge in [-0.05, 0) is 19.3 Å². The van der Waals surface area contributed by atoms with Crippen molar-refractivity contribution in [1.29, 1.82) is 0 Å². The number of aliphatic hydroxyl groups excluding tert-OH is 2. The highest BCUT2D eigenvalue weighted by molar-refractivity contribution is 5.94. The highest BCUT2D eigenvalue weighted by Crippen LogP contribution is 2.11. The van der Waals surface area contributed by atoms with Crippen molar-refractivity contribution in [2.24, 2.45) is 5.92 Å². The van der Waals surface area contributed by atoms with Crippen LogP contribution in [0.4, 0.5) is 0 Å². The van der Waals surface area contributed by atoms with Gasteiger partial charge in [-0.2, -0.15) is 0 Å². The molecule has 1 radical (unpaired) electrons. The van der Waals surface area contributed by atoms with Crippen LogP contribution < -0.4 is 0 Å². The van der Waals surface area contributed by atoms with E-state index in [1.807, 2.05) is 6.92 Å². The molecule has 4 heteroatoms. The lowest BCUT2D eigenvalue weighted by atomic mass is 9.93. The highest BCUT2D eigenvalue weighted by Gasteiger charge is 2.25. The third-order valence-corrected chi connectivity index (χ3v) is 2.01. The molecule has 0 aromatic carbocycles. The lowest BCUT2D eigenvalue weighted by Crippen LogP contribution is -2.29. The van der Waals surface area contributed by atoms with Crippen molar-refractivity contribution >= 4 is 12.1 Å². The summed E-state index contributed by atoms with van der Waals surface area (Å²) in [5.41, 5.74) is 0. The molecule has 0 aliphatic rings. The molecular formula is C10H17O4. The Labute approximate surface area is 83.9 Å². The number of Topliss-reactive ketones (excluding diaryl/α,β-unsaturated/α-hetero) is 1. The molecular weight excluding hydrogens is 184 g/mol. The molecule has 0 spiro atoms. The van der Waals surface area contributed by atoms with Crippen LogP contribution in [-0.2, 0) is 9.59 Å². The number of ketones is 1. The molecule has 0 aromatic rings. The number of carbonyl (C=O) groups excluding carboxylic acids is 2. The summed E-state index contributed by atoms with van der Waals surface area (Å²) in [6, 6.07) is 0. The molecule has 0 heterocycles. The van der Waals surface area contributed by atoms with Crippen LogP contribution in [0.5, 0.6) is 0 Å². The topological polar surface area (TPSA) is 74.6 Å². The standard InChI is InChI=1S/C10H17O4/c1-2-4-9(13)8(7-12)10(14)5-3-6-11/h8,10-11,14H,2-6H2,1H3. The van der Waals surface area contributed by atoms with Crippen LogP contribution in [0.15, 0.2) is 0 Å². The van der Waals surface area contributed by atoms with Crippen molar-refractivity contribution in [2.45, 2.75) is 38.7 Å². The molecule has 14 heavy (non-hydrogen) atoms. The first-order valence-electron chi connectivity index (χ1n) is 4.86. The lowest BCUT2D eigenvalue weighted by molar-refractivity contribution is -0.123. The predicted molar refractivity (Wildman–Crippen MR) is 51.4 cm³/mol. The molecule has 0 aliphatic carbocycles. The summed E-state index contributed by atoms with van der Waals surface area (Å²) in [7, 11) is 0. The summed E-state index contributed by atoms with van der Waals surface area (Å²) in [4.78, 5) is 21.8. The first kappa shape index (κ1) is 13.3. The van der Waals surface area contributed by atoms with Crippen LogP contribution in [0.2, 0.25) is 0 Å². The van der Waals surface area contributed by atoms with Gasteiger partial charge in [0.05, 0.1) is 6.10 Å². The Balaban J connectivity index is 4.10. The number of aliphatic hydroxyl groups is 2. The van der Waals surface area contributed by atoms with E-state index in [2.05, 4.69) is 0 Å². The molecule has 0 fully saturated rings. The van der Waals surface area contributed by atoms with Gasteiger partial charge in [0.2, 0.25) is 6.29 Å². The predicted octanol–water partition coefficient (Wildman–Crippen LogP) is 0.215. The van der Waals surface area contributed by atoms with Gasteiger partial charge in [0.15, 0.2) is 0 Å². The fraction of sp³-hybridized carbons (Fsp3) is 0.800. The first-order valence-corrected chi connectivity index (χ1v) is 4.86. The minimum absolute atomic E-state index is 0.0510. The molecule has 2 N–H and O–H groups in total. The Morgan fingerprint density at radius 1 is 1.50 bits per heavy atom. The van der Waals surface area contributed by atoms with Gasteiger partial charge in [0, 0.05) is 13.0 Å². The molecule has 0 amide bonds. The summed E-state index contributed by atoms with van der Waals surface area (Å²) in [6.45, 7) is 1.78. The van der Waals surface area contributed by atoms with E-state index in [9.17, 15) is 14.7 Å². The van der Waals surface area contributed by atoms with Gasteiger partial charge in [-0.3, -0.25) is 9.59 Å². The van der Waals surface area contributed by atoms with Gasteiger partial charge in [0.1, 0.15) is 11.7 Å². The van der Waals surface area contributed by atoms with Crippen molar-refractivity contribution in [3.8, 4) is 0 Å². The van der Waals surface area contributed by atoms with Gasteiger partial charge in [-0.1, -0.05) is 6.92 Å². The van der Waals surface area contributed by atoms with Crippen LogP contribution >= 0.6 is 0 Å². The fourth-order valence-electron chi connectivity index (χ4n) is 1.23. The maximum absolute atomic E-state index is 11.3. The van der Waals surface area contributed by atoms with Gasteiger partial charge >= 0.3 is 0 Å². The largest absolute Gasteiger partial charge is 0.396 e. The second-order valence-electron chi connectivity index (χ2n) is 3.25. The Morgan fingerprint density at radius 3 is 2.57 bits per heavy atom. The zero-order valence-electron chi connectivity index (χ0n) is 8.40. The summed E-state index contributed by atoms with van der Waals surface area (Å²) >= 11 is 0. The fourth-order valence-corrected chi connectivity index (χ4v) is 1.23. The molecule has 0 aliphatic heterocycles. The van der Waals surface area contributed by atoms with Crippen molar-refractivity contribution in [3.63, 3.8) is 0 Å². The van der Waals surface area contributed by atoms with Crippen LogP contribution in [0.25, 0.3) is 0 Å². The third-order valence-electron chi connectivity index (χ3n) is 2.01. The van der Waals surface area contributed by atoms with E-state index in [0.717, 1.165) is 0 Å². The van der Waals surface area contributed by atoms with Crippen LogP contribution in [0.1, 0.15) is 32.6 Å². The number of hydrogen-bond acceptors (Lipinski definition) is 4. The third kappa shape index (κ3) is 4.48. The average molecular weight is 201 g/mol. The van der Waals surface area contributed by atoms with E-state index in [4.69, 9.17) is 5.11 Å². The van der Waals surface area contributed by atoms with Crippen LogP contribution in [0, 0.1) is 5.92 Å². The summed E-state index contributed by atoms with van der Waals surface area (Å²) in [5.74, 6) is -1.31. The van der Waals surface area contributed by atoms with Crippen molar-refractivity contribution in [3.05, 3.63) is 0 Å². The number of rotatable bonds is 8. The van der Waals surface area contributed by atoms with Crippen LogP contribution in [-0.4, -0.2) is 35.0 Å². The molecule has 0 saturated carbocycles. The van der Waals surface area contributed by atoms with Gasteiger partial charge in [-0.15, -0.1) is 0 Å². The molecule has 2 unspecified atom stereocenters. The van der Waals surface area contributed by atoms with E-state index in [1.54, 1.807) is 6.29 Å². The second-order valence-corrected chi connectivity index (χ2v) is 3.25. The number of hydrogen-bond donors (Lipinski definition) is 2. The van der Waals surface area contributed by atoms with E-state index in [-0.39, 0.29) is 25.2 Å². The zero-order valence-corrected chi connectivity index (χ0v) is 8.40. The molecule has 4 nitrogen and oxygen atoms in total. The molecule has 0 rings (SSSR count). The Kier molecular flexibility index (Phi) is 7.24. The van der Waals surface area contributed by atoms with E-state index in [0.29, 0.717) is 12.8 Å². The minimum Gasteiger partial charge on any atom is -0.396 e. The van der Waals surface area contributed by atoms with Gasteiger partial charge in [0.25, 0.3) is 0 Å². The summed E-state index contributed by atoms with van der Waals surface area (Å²) < 4.78 is 0. The lowest BCUT2D eigenvalue weighted by Gasteiger charge is -2.14. The van der Waals surface area contributed by atoms with E-state index in [1.165, 1.54) is 0 Å². The Hall–Kier alpha value is -0.740. The SMILES string of the molecule is CCCC(=O)C([C]=O)C(O)CCCO. The maximum atomic E-state index is 11.3. The highest BCUT2D eigenvalue weighted by atomic mass is 16.3. The van der Waals surface area contributed by atoms with Crippen molar-refractivity contribution < 1.29 is 19.8 Å². The summed E-state index contributed by atoms with van der Waals surface area (Å²) in [6.07, 6.45) is 2.15.